The highest BCUT2D eigenvalue weighted by Crippen LogP contribution is 2.27. The zero-order valence-electron chi connectivity index (χ0n) is 5.77. The van der Waals surface area contributed by atoms with Gasteiger partial charge in [-0.05, 0) is 35.0 Å². The molecule has 60 valence electrons. The first kappa shape index (κ1) is 8.97. The molecule has 0 heterocycles. The van der Waals surface area contributed by atoms with E-state index >= 15 is 0 Å². The van der Waals surface area contributed by atoms with E-state index in [1.54, 1.807) is 6.92 Å². The molecule has 11 heavy (non-hydrogen) atoms. The third-order valence-corrected chi connectivity index (χ3v) is 2.14. The van der Waals surface area contributed by atoms with Crippen molar-refractivity contribution in [2.45, 2.75) is 12.5 Å². The lowest BCUT2D eigenvalue weighted by atomic mass is 10.0. The van der Waals surface area contributed by atoms with Gasteiger partial charge in [-0.1, -0.05) is 11.6 Å². The van der Waals surface area contributed by atoms with E-state index in [4.69, 9.17) is 11.6 Å². The number of carbonyl (C=O) groups is 1. The van der Waals surface area contributed by atoms with Gasteiger partial charge in [0.15, 0.2) is 0 Å². The van der Waals surface area contributed by atoms with Crippen LogP contribution in [0.3, 0.4) is 0 Å². The minimum atomic E-state index is -1.12. The molecule has 0 aromatic heterocycles. The second-order valence-corrected chi connectivity index (χ2v) is 3.80. The molecular formula is C7H6BrClO2. The van der Waals surface area contributed by atoms with Gasteiger partial charge in [-0.3, -0.25) is 4.79 Å². The first-order valence-corrected chi connectivity index (χ1v) is 4.13. The highest BCUT2D eigenvalue weighted by molar-refractivity contribution is 9.12. The van der Waals surface area contributed by atoms with Gasteiger partial charge in [-0.25, -0.2) is 0 Å². The third kappa shape index (κ3) is 1.92. The summed E-state index contributed by atoms with van der Waals surface area (Å²) in [6, 6.07) is 0. The van der Waals surface area contributed by atoms with E-state index in [1.165, 1.54) is 12.2 Å². The van der Waals surface area contributed by atoms with Gasteiger partial charge in [0.05, 0.1) is 9.51 Å². The number of ketones is 1. The predicted molar refractivity (Wildman–Crippen MR) is 46.6 cm³/mol. The van der Waals surface area contributed by atoms with Gasteiger partial charge in [0.2, 0.25) is 5.78 Å². The van der Waals surface area contributed by atoms with Crippen LogP contribution in [0.15, 0.2) is 21.7 Å². The van der Waals surface area contributed by atoms with Gasteiger partial charge in [0, 0.05) is 0 Å². The van der Waals surface area contributed by atoms with E-state index in [1.807, 2.05) is 0 Å². The van der Waals surface area contributed by atoms with Gasteiger partial charge >= 0.3 is 0 Å². The Hall–Kier alpha value is -0.120. The van der Waals surface area contributed by atoms with Gasteiger partial charge in [-0.15, -0.1) is 0 Å². The van der Waals surface area contributed by atoms with Crippen molar-refractivity contribution in [3.05, 3.63) is 21.7 Å². The maximum Gasteiger partial charge on any atom is 0.210 e. The van der Waals surface area contributed by atoms with Crippen LogP contribution in [-0.4, -0.2) is 16.5 Å². The Morgan fingerprint density at radius 3 is 2.64 bits per heavy atom. The second kappa shape index (κ2) is 2.73. The Morgan fingerprint density at radius 2 is 2.18 bits per heavy atom. The quantitative estimate of drug-likeness (QED) is 0.696. The molecule has 0 radical (unpaired) electrons. The molecule has 1 N–H and O–H groups in total. The Bertz CT molecular complexity index is 242. The lowest BCUT2D eigenvalue weighted by Crippen LogP contribution is -2.23. The summed E-state index contributed by atoms with van der Waals surface area (Å²) < 4.78 is 0.301. The summed E-state index contributed by atoms with van der Waals surface area (Å²) in [5.41, 5.74) is -1.12. The highest BCUT2D eigenvalue weighted by Gasteiger charge is 2.25. The molecule has 0 saturated carbocycles. The number of hydrogen-bond donors (Lipinski definition) is 1. The Kier molecular flexibility index (Phi) is 2.23. The number of aliphatic hydroxyl groups is 1. The lowest BCUT2D eigenvalue weighted by Gasteiger charge is -2.19. The van der Waals surface area contributed by atoms with Crippen LogP contribution in [-0.2, 0) is 4.79 Å². The normalized spacial score (nSPS) is 31.5. The summed E-state index contributed by atoms with van der Waals surface area (Å²) in [5, 5.41) is 9.46. The number of carbonyl (C=O) groups excluding carboxylic acids is 1. The molecule has 0 amide bonds. The van der Waals surface area contributed by atoms with Crippen molar-refractivity contribution in [2.24, 2.45) is 0 Å². The summed E-state index contributed by atoms with van der Waals surface area (Å²) in [5.74, 6) is -0.293. The summed E-state index contributed by atoms with van der Waals surface area (Å²) in [6.45, 7) is 1.54. The average Bonchev–Trinajstić information content (AvgIpc) is 1.81. The molecule has 1 unspecified atom stereocenters. The van der Waals surface area contributed by atoms with E-state index in [9.17, 15) is 9.90 Å². The summed E-state index contributed by atoms with van der Waals surface area (Å²) in [4.78, 5) is 11.0. The zero-order chi connectivity index (χ0) is 8.65. The van der Waals surface area contributed by atoms with Crippen molar-refractivity contribution in [3.8, 4) is 0 Å². The topological polar surface area (TPSA) is 37.3 Å². The Morgan fingerprint density at radius 1 is 1.64 bits per heavy atom. The highest BCUT2D eigenvalue weighted by atomic mass is 79.9. The second-order valence-electron chi connectivity index (χ2n) is 2.54. The number of allylic oxidation sites excluding steroid dienone is 2. The molecule has 0 bridgehead atoms. The van der Waals surface area contributed by atoms with Crippen LogP contribution in [0.4, 0.5) is 0 Å². The first-order chi connectivity index (χ1) is 4.92. The zero-order valence-corrected chi connectivity index (χ0v) is 8.11. The summed E-state index contributed by atoms with van der Waals surface area (Å²) >= 11 is 8.52. The molecule has 0 aliphatic heterocycles. The molecular weight excluding hydrogens is 231 g/mol. The number of halogens is 2. The van der Waals surface area contributed by atoms with Gasteiger partial charge < -0.3 is 5.11 Å². The lowest BCUT2D eigenvalue weighted by molar-refractivity contribution is -0.111. The molecule has 4 heteroatoms. The average molecular weight is 237 g/mol. The minimum absolute atomic E-state index is 0.0457. The maximum atomic E-state index is 11.0. The number of Topliss-reactive ketones (excluding diaryl/α,β-unsaturated/α-hetero) is 1. The fourth-order valence-electron chi connectivity index (χ4n) is 0.800. The van der Waals surface area contributed by atoms with Gasteiger partial charge in [0.1, 0.15) is 5.60 Å². The number of hydrogen-bond acceptors (Lipinski definition) is 2. The molecule has 1 aliphatic carbocycles. The molecule has 1 atom stereocenters. The fourth-order valence-corrected chi connectivity index (χ4v) is 1.91. The fraction of sp³-hybridized carbons (Fsp3) is 0.286. The molecule has 0 aromatic carbocycles. The van der Waals surface area contributed by atoms with Crippen molar-refractivity contribution in [3.63, 3.8) is 0 Å². The van der Waals surface area contributed by atoms with E-state index in [-0.39, 0.29) is 10.8 Å². The van der Waals surface area contributed by atoms with E-state index < -0.39 is 5.60 Å². The predicted octanol–water partition coefficient (Wildman–Crippen LogP) is 1.72. The van der Waals surface area contributed by atoms with Crippen molar-refractivity contribution >= 4 is 33.3 Å². The molecule has 1 rings (SSSR count). The largest absolute Gasteiger partial charge is 0.382 e. The van der Waals surface area contributed by atoms with Gasteiger partial charge in [0.25, 0.3) is 0 Å². The van der Waals surface area contributed by atoms with Crippen LogP contribution in [0.5, 0.6) is 0 Å². The van der Waals surface area contributed by atoms with Gasteiger partial charge in [-0.2, -0.15) is 0 Å². The molecule has 0 fully saturated rings. The van der Waals surface area contributed by atoms with E-state index in [0.29, 0.717) is 4.48 Å². The minimum Gasteiger partial charge on any atom is -0.382 e. The van der Waals surface area contributed by atoms with Crippen LogP contribution in [0.25, 0.3) is 0 Å². The smallest absolute Gasteiger partial charge is 0.210 e. The first-order valence-electron chi connectivity index (χ1n) is 2.96. The summed E-state index contributed by atoms with van der Waals surface area (Å²) in [7, 11) is 0. The van der Waals surface area contributed by atoms with Crippen LogP contribution < -0.4 is 0 Å². The van der Waals surface area contributed by atoms with Crippen molar-refractivity contribution in [2.75, 3.05) is 0 Å². The summed E-state index contributed by atoms with van der Waals surface area (Å²) in [6.07, 6.45) is 2.71. The molecule has 1 aliphatic rings. The third-order valence-electron chi connectivity index (χ3n) is 1.27. The van der Waals surface area contributed by atoms with E-state index in [0.717, 1.165) is 0 Å². The van der Waals surface area contributed by atoms with E-state index in [2.05, 4.69) is 15.9 Å². The number of rotatable bonds is 0. The standard InChI is InChI=1S/C7H6BrClO2/c1-7(11)2-4(8)6(10)5(9)3-7/h2-3,11H,1H3. The van der Waals surface area contributed by atoms with Crippen LogP contribution in [0.1, 0.15) is 6.92 Å². The molecule has 0 saturated heterocycles. The SMILES string of the molecule is CC1(O)C=C(Cl)C(=O)C(Br)=C1. The van der Waals surface area contributed by atoms with Crippen molar-refractivity contribution < 1.29 is 9.90 Å². The molecule has 0 spiro atoms. The Balaban J connectivity index is 3.08. The van der Waals surface area contributed by atoms with Crippen LogP contribution in [0.2, 0.25) is 0 Å². The van der Waals surface area contributed by atoms with Crippen molar-refractivity contribution in [1.29, 1.82) is 0 Å². The monoisotopic (exact) mass is 236 g/mol. The van der Waals surface area contributed by atoms with Crippen molar-refractivity contribution in [1.82, 2.24) is 0 Å². The molecule has 2 nitrogen and oxygen atoms in total. The van der Waals surface area contributed by atoms with Crippen LogP contribution >= 0.6 is 27.5 Å². The van der Waals surface area contributed by atoms with Crippen LogP contribution in [0, 0.1) is 0 Å². The maximum absolute atomic E-state index is 11.0. The molecule has 0 aromatic rings. The Labute approximate surface area is 77.7 Å².